The van der Waals surface area contributed by atoms with Crippen LogP contribution in [0.25, 0.3) is 0 Å². The maximum Gasteiger partial charge on any atom is 0.145 e. The van der Waals surface area contributed by atoms with Gasteiger partial charge in [-0.3, -0.25) is 0 Å². The Hall–Kier alpha value is -1.40. The lowest BCUT2D eigenvalue weighted by atomic mass is 10.2. The Bertz CT molecular complexity index is 331. The highest BCUT2D eigenvalue weighted by molar-refractivity contribution is 5.46. The Morgan fingerprint density at radius 2 is 2.12 bits per heavy atom. The van der Waals surface area contributed by atoms with E-state index in [1.165, 1.54) is 0 Å². The van der Waals surface area contributed by atoms with E-state index < -0.39 is 0 Å². The van der Waals surface area contributed by atoms with Crippen LogP contribution in [0.2, 0.25) is 0 Å². The maximum atomic E-state index is 5.30. The molecule has 0 spiro atoms. The van der Waals surface area contributed by atoms with E-state index in [2.05, 4.69) is 27.6 Å². The molecule has 6 nitrogen and oxygen atoms in total. The second-order valence-corrected chi connectivity index (χ2v) is 3.77. The molecular weight excluding hydrogens is 206 g/mol. The van der Waals surface area contributed by atoms with Crippen molar-refractivity contribution in [3.05, 3.63) is 11.9 Å². The maximum absolute atomic E-state index is 5.30. The van der Waals surface area contributed by atoms with Crippen LogP contribution in [0.3, 0.4) is 0 Å². The van der Waals surface area contributed by atoms with Crippen LogP contribution in [0.1, 0.15) is 12.7 Å². The van der Waals surface area contributed by atoms with Crippen molar-refractivity contribution in [2.45, 2.75) is 13.8 Å². The highest BCUT2D eigenvalue weighted by atomic mass is 16.5. The van der Waals surface area contributed by atoms with Crippen molar-refractivity contribution < 1.29 is 4.74 Å². The molecule has 0 saturated heterocycles. The van der Waals surface area contributed by atoms with Gasteiger partial charge in [0.1, 0.15) is 17.5 Å². The molecule has 0 amide bonds. The van der Waals surface area contributed by atoms with Crippen molar-refractivity contribution >= 4 is 11.6 Å². The number of aromatic nitrogens is 2. The average Bonchev–Trinajstić information content (AvgIpc) is 2.26. The molecule has 0 radical (unpaired) electrons. The molecule has 1 heterocycles. The third-order valence-corrected chi connectivity index (χ3v) is 2.07. The lowest BCUT2D eigenvalue weighted by Gasteiger charge is -2.12. The van der Waals surface area contributed by atoms with Gasteiger partial charge < -0.3 is 15.5 Å². The molecule has 0 aliphatic rings. The molecule has 0 bridgehead atoms. The standard InChI is InChI=1S/C10H19N5O/c1-7(6-16-3)5-12-9-4-10(15-11)14-8(2)13-9/h4,7H,5-6,11H2,1-3H3,(H2,12,13,14,15). The SMILES string of the molecule is COCC(C)CNc1cc(NN)nc(C)n1. The number of nitrogens with zero attached hydrogens (tertiary/aromatic N) is 2. The van der Waals surface area contributed by atoms with Crippen molar-refractivity contribution in [2.75, 3.05) is 31.0 Å². The van der Waals surface area contributed by atoms with E-state index in [1.54, 1.807) is 13.2 Å². The molecule has 0 aliphatic carbocycles. The zero-order chi connectivity index (χ0) is 12.0. The van der Waals surface area contributed by atoms with Crippen LogP contribution in [-0.4, -0.2) is 30.2 Å². The molecule has 1 aromatic heterocycles. The Morgan fingerprint density at radius 3 is 2.75 bits per heavy atom. The summed E-state index contributed by atoms with van der Waals surface area (Å²) in [6.45, 7) is 5.45. The fourth-order valence-corrected chi connectivity index (χ4v) is 1.35. The number of anilines is 2. The number of aryl methyl sites for hydroxylation is 1. The molecule has 4 N–H and O–H groups in total. The van der Waals surface area contributed by atoms with Gasteiger partial charge in [0.15, 0.2) is 0 Å². The van der Waals surface area contributed by atoms with Crippen molar-refractivity contribution in [3.63, 3.8) is 0 Å². The van der Waals surface area contributed by atoms with Gasteiger partial charge in [0.25, 0.3) is 0 Å². The number of nitrogen functional groups attached to an aromatic ring is 1. The molecule has 6 heteroatoms. The topological polar surface area (TPSA) is 85.1 Å². The smallest absolute Gasteiger partial charge is 0.145 e. The van der Waals surface area contributed by atoms with Gasteiger partial charge in [-0.15, -0.1) is 0 Å². The van der Waals surface area contributed by atoms with Crippen LogP contribution in [0.15, 0.2) is 6.07 Å². The molecule has 90 valence electrons. The molecular formula is C10H19N5O. The Balaban J connectivity index is 2.56. The highest BCUT2D eigenvalue weighted by Crippen LogP contribution is 2.10. The first-order valence-corrected chi connectivity index (χ1v) is 5.20. The zero-order valence-corrected chi connectivity index (χ0v) is 9.95. The Morgan fingerprint density at radius 1 is 1.44 bits per heavy atom. The summed E-state index contributed by atoms with van der Waals surface area (Å²) in [6.07, 6.45) is 0. The zero-order valence-electron chi connectivity index (χ0n) is 9.95. The van der Waals surface area contributed by atoms with E-state index in [1.807, 2.05) is 6.92 Å². The number of rotatable bonds is 6. The molecule has 1 unspecified atom stereocenters. The number of ether oxygens (including phenoxy) is 1. The van der Waals surface area contributed by atoms with Crippen LogP contribution in [0.4, 0.5) is 11.6 Å². The van der Waals surface area contributed by atoms with Crippen molar-refractivity contribution in [1.82, 2.24) is 9.97 Å². The van der Waals surface area contributed by atoms with Gasteiger partial charge in [-0.25, -0.2) is 15.8 Å². The Kier molecular flexibility index (Phi) is 4.94. The summed E-state index contributed by atoms with van der Waals surface area (Å²) in [4.78, 5) is 8.36. The van der Waals surface area contributed by atoms with Crippen molar-refractivity contribution in [3.8, 4) is 0 Å². The lowest BCUT2D eigenvalue weighted by molar-refractivity contribution is 0.164. The number of hydrazine groups is 1. The van der Waals surface area contributed by atoms with E-state index in [9.17, 15) is 0 Å². The van der Waals surface area contributed by atoms with Crippen LogP contribution >= 0.6 is 0 Å². The number of nitrogens with two attached hydrogens (primary N) is 1. The quantitative estimate of drug-likeness (QED) is 0.489. The van der Waals surface area contributed by atoms with Crippen LogP contribution in [0, 0.1) is 12.8 Å². The summed E-state index contributed by atoms with van der Waals surface area (Å²) in [5.41, 5.74) is 2.51. The predicted molar refractivity (Wildman–Crippen MR) is 64.1 cm³/mol. The van der Waals surface area contributed by atoms with Gasteiger partial charge in [-0.2, -0.15) is 0 Å². The predicted octanol–water partition coefficient (Wildman–Crippen LogP) is 0.765. The fourth-order valence-electron chi connectivity index (χ4n) is 1.35. The molecule has 1 aromatic rings. The summed E-state index contributed by atoms with van der Waals surface area (Å²) >= 11 is 0. The largest absolute Gasteiger partial charge is 0.384 e. The number of hydrogen-bond acceptors (Lipinski definition) is 6. The second kappa shape index (κ2) is 6.24. The molecule has 1 atom stereocenters. The summed E-state index contributed by atoms with van der Waals surface area (Å²) in [5, 5.41) is 3.22. The highest BCUT2D eigenvalue weighted by Gasteiger charge is 2.03. The minimum atomic E-state index is 0.426. The van der Waals surface area contributed by atoms with Gasteiger partial charge in [-0.05, 0) is 12.8 Å². The molecule has 0 saturated carbocycles. The first kappa shape index (κ1) is 12.7. The fraction of sp³-hybridized carbons (Fsp3) is 0.600. The first-order chi connectivity index (χ1) is 7.65. The number of methoxy groups -OCH3 is 1. The minimum absolute atomic E-state index is 0.426. The van der Waals surface area contributed by atoms with E-state index in [0.717, 1.165) is 19.0 Å². The Labute approximate surface area is 95.6 Å². The third kappa shape index (κ3) is 4.00. The summed E-state index contributed by atoms with van der Waals surface area (Å²) in [5.74, 6) is 7.78. The van der Waals surface area contributed by atoms with Crippen molar-refractivity contribution in [1.29, 1.82) is 0 Å². The minimum Gasteiger partial charge on any atom is -0.384 e. The van der Waals surface area contributed by atoms with E-state index in [-0.39, 0.29) is 0 Å². The molecule has 16 heavy (non-hydrogen) atoms. The average molecular weight is 225 g/mol. The second-order valence-electron chi connectivity index (χ2n) is 3.77. The van der Waals surface area contributed by atoms with Crippen LogP contribution in [0.5, 0.6) is 0 Å². The van der Waals surface area contributed by atoms with Gasteiger partial charge in [0.2, 0.25) is 0 Å². The summed E-state index contributed by atoms with van der Waals surface area (Å²) < 4.78 is 5.06. The van der Waals surface area contributed by atoms with E-state index >= 15 is 0 Å². The normalized spacial score (nSPS) is 12.2. The number of hydrogen-bond donors (Lipinski definition) is 3. The molecule has 0 fully saturated rings. The summed E-state index contributed by atoms with van der Waals surface area (Å²) in [6, 6.07) is 1.77. The van der Waals surface area contributed by atoms with Gasteiger partial charge >= 0.3 is 0 Å². The summed E-state index contributed by atoms with van der Waals surface area (Å²) in [7, 11) is 1.70. The first-order valence-electron chi connectivity index (χ1n) is 5.20. The molecule has 0 aromatic carbocycles. The lowest BCUT2D eigenvalue weighted by Crippen LogP contribution is -2.17. The van der Waals surface area contributed by atoms with E-state index in [0.29, 0.717) is 17.6 Å². The van der Waals surface area contributed by atoms with Gasteiger partial charge in [0, 0.05) is 19.7 Å². The monoisotopic (exact) mass is 225 g/mol. The molecule has 0 aliphatic heterocycles. The van der Waals surface area contributed by atoms with Crippen LogP contribution in [-0.2, 0) is 4.74 Å². The third-order valence-electron chi connectivity index (χ3n) is 2.07. The van der Waals surface area contributed by atoms with Crippen LogP contribution < -0.4 is 16.6 Å². The van der Waals surface area contributed by atoms with Gasteiger partial charge in [-0.1, -0.05) is 6.92 Å². The van der Waals surface area contributed by atoms with Crippen molar-refractivity contribution in [2.24, 2.45) is 11.8 Å². The van der Waals surface area contributed by atoms with E-state index in [4.69, 9.17) is 10.6 Å². The number of nitrogens with one attached hydrogen (secondary N) is 2. The van der Waals surface area contributed by atoms with Gasteiger partial charge in [0.05, 0.1) is 6.61 Å². The molecule has 1 rings (SSSR count).